The SMILES string of the molecule is c1ccc2nc(-c3cc(-n4ccc5ccccc54)cs3)ncc2c1. The van der Waals surface area contributed by atoms with Crippen molar-refractivity contribution in [2.75, 3.05) is 0 Å². The molecule has 0 N–H and O–H groups in total. The third kappa shape index (κ3) is 2.12. The van der Waals surface area contributed by atoms with Gasteiger partial charge in [0.2, 0.25) is 0 Å². The molecule has 3 aromatic heterocycles. The summed E-state index contributed by atoms with van der Waals surface area (Å²) in [6.45, 7) is 0. The maximum absolute atomic E-state index is 4.69. The Morgan fingerprint density at radius 2 is 1.71 bits per heavy atom. The third-order valence-electron chi connectivity index (χ3n) is 4.17. The molecule has 0 fully saturated rings. The van der Waals surface area contributed by atoms with E-state index in [1.165, 1.54) is 10.9 Å². The van der Waals surface area contributed by atoms with E-state index in [2.05, 4.69) is 57.5 Å². The molecule has 5 aromatic rings. The number of fused-ring (bicyclic) bond motifs is 2. The third-order valence-corrected chi connectivity index (χ3v) is 5.09. The van der Waals surface area contributed by atoms with Gasteiger partial charge in [-0.05, 0) is 29.7 Å². The van der Waals surface area contributed by atoms with E-state index in [9.17, 15) is 0 Å². The minimum atomic E-state index is 0.779. The van der Waals surface area contributed by atoms with Crippen molar-refractivity contribution in [3.8, 4) is 16.4 Å². The van der Waals surface area contributed by atoms with Gasteiger partial charge in [0.15, 0.2) is 5.82 Å². The van der Waals surface area contributed by atoms with E-state index in [1.54, 1.807) is 11.3 Å². The van der Waals surface area contributed by atoms with Crippen molar-refractivity contribution < 1.29 is 0 Å². The van der Waals surface area contributed by atoms with Gasteiger partial charge in [0.1, 0.15) is 0 Å². The smallest absolute Gasteiger partial charge is 0.170 e. The summed E-state index contributed by atoms with van der Waals surface area (Å²) in [5.74, 6) is 0.779. The van der Waals surface area contributed by atoms with Crippen molar-refractivity contribution in [3.63, 3.8) is 0 Å². The lowest BCUT2D eigenvalue weighted by molar-refractivity contribution is 1.14. The first-order chi connectivity index (χ1) is 11.9. The molecule has 4 heteroatoms. The fourth-order valence-electron chi connectivity index (χ4n) is 2.97. The van der Waals surface area contributed by atoms with Gasteiger partial charge in [0.05, 0.1) is 21.6 Å². The number of aromatic nitrogens is 3. The highest BCUT2D eigenvalue weighted by molar-refractivity contribution is 7.13. The van der Waals surface area contributed by atoms with Gasteiger partial charge in [-0.15, -0.1) is 11.3 Å². The molecule has 0 saturated heterocycles. The van der Waals surface area contributed by atoms with Gasteiger partial charge in [0, 0.05) is 23.2 Å². The van der Waals surface area contributed by atoms with Gasteiger partial charge >= 0.3 is 0 Å². The van der Waals surface area contributed by atoms with Crippen LogP contribution >= 0.6 is 11.3 Å². The predicted molar refractivity (Wildman–Crippen MR) is 99.7 cm³/mol. The maximum atomic E-state index is 4.69. The molecule has 2 aromatic carbocycles. The van der Waals surface area contributed by atoms with Crippen LogP contribution in [0.15, 0.2) is 78.4 Å². The Kier molecular flexibility index (Phi) is 2.96. The summed E-state index contributed by atoms with van der Waals surface area (Å²) in [5, 5.41) is 4.46. The first-order valence-corrected chi connectivity index (χ1v) is 8.64. The first kappa shape index (κ1) is 13.5. The Bertz CT molecular complexity index is 1170. The fourth-order valence-corrected chi connectivity index (χ4v) is 3.79. The van der Waals surface area contributed by atoms with Crippen LogP contribution in [0, 0.1) is 0 Å². The summed E-state index contributed by atoms with van der Waals surface area (Å²) in [7, 11) is 0. The molecule has 0 saturated carbocycles. The molecular formula is C20H13N3S. The molecule has 0 amide bonds. The van der Waals surface area contributed by atoms with E-state index >= 15 is 0 Å². The predicted octanol–water partition coefficient (Wildman–Crippen LogP) is 5.30. The molecular weight excluding hydrogens is 314 g/mol. The van der Waals surface area contributed by atoms with Gasteiger partial charge in [-0.25, -0.2) is 9.97 Å². The highest BCUT2D eigenvalue weighted by atomic mass is 32.1. The van der Waals surface area contributed by atoms with Crippen LogP contribution in [0.4, 0.5) is 0 Å². The van der Waals surface area contributed by atoms with E-state index in [0.717, 1.165) is 27.3 Å². The monoisotopic (exact) mass is 327 g/mol. The second-order valence-electron chi connectivity index (χ2n) is 5.67. The van der Waals surface area contributed by atoms with Gasteiger partial charge in [-0.3, -0.25) is 0 Å². The number of hydrogen-bond acceptors (Lipinski definition) is 3. The Morgan fingerprint density at radius 1 is 0.875 bits per heavy atom. The Balaban J connectivity index is 1.61. The molecule has 3 nitrogen and oxygen atoms in total. The van der Waals surface area contributed by atoms with Crippen molar-refractivity contribution in [2.45, 2.75) is 0 Å². The molecule has 0 aliphatic carbocycles. The highest BCUT2D eigenvalue weighted by Crippen LogP contribution is 2.29. The average Bonchev–Trinajstić information content (AvgIpc) is 3.28. The molecule has 0 aliphatic heterocycles. The number of benzene rings is 2. The molecule has 0 bridgehead atoms. The van der Waals surface area contributed by atoms with Crippen molar-refractivity contribution in [2.24, 2.45) is 0 Å². The second-order valence-corrected chi connectivity index (χ2v) is 6.58. The number of rotatable bonds is 2. The largest absolute Gasteiger partial charge is 0.316 e. The topological polar surface area (TPSA) is 30.7 Å². The van der Waals surface area contributed by atoms with Crippen LogP contribution in [-0.2, 0) is 0 Å². The molecule has 0 aliphatic rings. The van der Waals surface area contributed by atoms with Crippen molar-refractivity contribution in [1.82, 2.24) is 14.5 Å². The molecule has 114 valence electrons. The van der Waals surface area contributed by atoms with Crippen LogP contribution in [-0.4, -0.2) is 14.5 Å². The molecule has 0 unspecified atom stereocenters. The van der Waals surface area contributed by atoms with Crippen LogP contribution in [0.1, 0.15) is 0 Å². The minimum absolute atomic E-state index is 0.779. The number of para-hydroxylation sites is 2. The lowest BCUT2D eigenvalue weighted by Gasteiger charge is -2.02. The maximum Gasteiger partial charge on any atom is 0.170 e. The van der Waals surface area contributed by atoms with Crippen LogP contribution in [0.2, 0.25) is 0 Å². The average molecular weight is 327 g/mol. The summed E-state index contributed by atoms with van der Waals surface area (Å²) >= 11 is 1.67. The summed E-state index contributed by atoms with van der Waals surface area (Å²) in [5.41, 5.74) is 3.33. The number of nitrogens with zero attached hydrogens (tertiary/aromatic N) is 3. The zero-order valence-electron chi connectivity index (χ0n) is 12.8. The standard InChI is InChI=1S/C20H13N3S/c1-3-7-17-15(6-1)12-21-20(22-17)19-11-16(13-24-19)23-10-9-14-5-2-4-8-18(14)23/h1-13H. The van der Waals surface area contributed by atoms with E-state index in [0.29, 0.717) is 0 Å². The quantitative estimate of drug-likeness (QED) is 0.440. The number of hydrogen-bond donors (Lipinski definition) is 0. The van der Waals surface area contributed by atoms with E-state index in [1.807, 2.05) is 30.5 Å². The van der Waals surface area contributed by atoms with Crippen LogP contribution < -0.4 is 0 Å². The van der Waals surface area contributed by atoms with Crippen LogP contribution in [0.5, 0.6) is 0 Å². The van der Waals surface area contributed by atoms with Gasteiger partial charge in [0.25, 0.3) is 0 Å². The van der Waals surface area contributed by atoms with E-state index < -0.39 is 0 Å². The summed E-state index contributed by atoms with van der Waals surface area (Å²) < 4.78 is 2.20. The second kappa shape index (κ2) is 5.28. The lowest BCUT2D eigenvalue weighted by atomic mass is 10.2. The van der Waals surface area contributed by atoms with Crippen LogP contribution in [0.25, 0.3) is 38.2 Å². The van der Waals surface area contributed by atoms with Crippen molar-refractivity contribution >= 4 is 33.1 Å². The molecule has 3 heterocycles. The zero-order chi connectivity index (χ0) is 15.9. The van der Waals surface area contributed by atoms with E-state index in [-0.39, 0.29) is 0 Å². The number of thiophene rings is 1. The van der Waals surface area contributed by atoms with Gasteiger partial charge in [-0.2, -0.15) is 0 Å². The summed E-state index contributed by atoms with van der Waals surface area (Å²) in [6.07, 6.45) is 4.00. The summed E-state index contributed by atoms with van der Waals surface area (Å²) in [4.78, 5) is 10.3. The highest BCUT2D eigenvalue weighted by Gasteiger charge is 2.09. The molecule has 24 heavy (non-hydrogen) atoms. The Hall–Kier alpha value is -2.98. The van der Waals surface area contributed by atoms with Crippen molar-refractivity contribution in [3.05, 3.63) is 78.4 Å². The van der Waals surface area contributed by atoms with E-state index in [4.69, 9.17) is 4.98 Å². The van der Waals surface area contributed by atoms with Crippen LogP contribution in [0.3, 0.4) is 0 Å². The zero-order valence-corrected chi connectivity index (χ0v) is 13.6. The minimum Gasteiger partial charge on any atom is -0.316 e. The Morgan fingerprint density at radius 3 is 2.67 bits per heavy atom. The normalized spacial score (nSPS) is 11.3. The Labute approximate surface area is 142 Å². The molecule has 5 rings (SSSR count). The first-order valence-electron chi connectivity index (χ1n) is 7.76. The fraction of sp³-hybridized carbons (Fsp3) is 0. The summed E-state index contributed by atoms with van der Waals surface area (Å²) in [6, 6.07) is 20.8. The van der Waals surface area contributed by atoms with Crippen molar-refractivity contribution in [1.29, 1.82) is 0 Å². The molecule has 0 spiro atoms. The molecule has 0 atom stereocenters. The lowest BCUT2D eigenvalue weighted by Crippen LogP contribution is -1.89. The van der Waals surface area contributed by atoms with Gasteiger partial charge in [-0.1, -0.05) is 36.4 Å². The van der Waals surface area contributed by atoms with Gasteiger partial charge < -0.3 is 4.57 Å². The molecule has 0 radical (unpaired) electrons.